The van der Waals surface area contributed by atoms with E-state index in [0.29, 0.717) is 5.92 Å². The van der Waals surface area contributed by atoms with Crippen LogP contribution in [0.4, 0.5) is 11.4 Å². The molecular formula is C28H33N3O. The van der Waals surface area contributed by atoms with E-state index in [9.17, 15) is 0 Å². The van der Waals surface area contributed by atoms with E-state index in [2.05, 4.69) is 80.2 Å². The lowest BCUT2D eigenvalue weighted by Gasteiger charge is -2.47. The maximum absolute atomic E-state index is 7.00. The molecular weight excluding hydrogens is 394 g/mol. The quantitative estimate of drug-likeness (QED) is 0.423. The number of unbranched alkanes of at least 4 members (excludes halogenated alkanes) is 1. The van der Waals surface area contributed by atoms with Crippen molar-refractivity contribution < 1.29 is 4.74 Å². The smallest absolute Gasteiger partial charge is 0.228 e. The number of hydrogen-bond acceptors (Lipinski definition) is 4. The van der Waals surface area contributed by atoms with E-state index in [-0.39, 0.29) is 5.41 Å². The number of aliphatic imine (C=N–C) groups is 1. The number of fused-ring (bicyclic) bond motifs is 4. The van der Waals surface area contributed by atoms with Gasteiger partial charge in [-0.15, -0.1) is 0 Å². The molecule has 1 spiro atoms. The van der Waals surface area contributed by atoms with Gasteiger partial charge in [-0.1, -0.05) is 57.4 Å². The van der Waals surface area contributed by atoms with Crippen molar-refractivity contribution in [3.8, 4) is 5.75 Å². The number of para-hydroxylation sites is 1. The predicted molar refractivity (Wildman–Crippen MR) is 133 cm³/mol. The second kappa shape index (κ2) is 7.91. The van der Waals surface area contributed by atoms with Gasteiger partial charge in [-0.05, 0) is 55.3 Å². The molecule has 0 amide bonds. The zero-order valence-corrected chi connectivity index (χ0v) is 19.6. The van der Waals surface area contributed by atoms with Crippen molar-refractivity contribution in [2.24, 2.45) is 10.9 Å². The van der Waals surface area contributed by atoms with Gasteiger partial charge >= 0.3 is 0 Å². The summed E-state index contributed by atoms with van der Waals surface area (Å²) >= 11 is 0. The molecule has 0 bridgehead atoms. The highest BCUT2D eigenvalue weighted by Crippen LogP contribution is 2.55. The van der Waals surface area contributed by atoms with Crippen LogP contribution in [0.15, 0.2) is 59.9 Å². The zero-order chi connectivity index (χ0) is 22.3. The van der Waals surface area contributed by atoms with Crippen LogP contribution in [-0.2, 0) is 5.41 Å². The Balaban J connectivity index is 1.63. The number of pyridine rings is 1. The number of rotatable bonds is 6. The minimum atomic E-state index is -0.654. The summed E-state index contributed by atoms with van der Waals surface area (Å²) in [5.41, 5.74) is 2.56. The Bertz CT molecular complexity index is 1170. The first-order chi connectivity index (χ1) is 15.5. The highest BCUT2D eigenvalue weighted by atomic mass is 16.5. The van der Waals surface area contributed by atoms with Crippen LogP contribution in [0.3, 0.4) is 0 Å². The molecule has 0 N–H and O–H groups in total. The molecule has 3 aromatic rings. The average molecular weight is 428 g/mol. The molecule has 5 rings (SSSR count). The van der Waals surface area contributed by atoms with Crippen molar-refractivity contribution in [2.45, 2.75) is 64.5 Å². The minimum absolute atomic E-state index is 0.252. The molecule has 4 heteroatoms. The van der Waals surface area contributed by atoms with Crippen LogP contribution in [0.2, 0.25) is 0 Å². The molecule has 0 saturated carbocycles. The van der Waals surface area contributed by atoms with Crippen molar-refractivity contribution in [2.75, 3.05) is 11.4 Å². The lowest BCUT2D eigenvalue weighted by atomic mass is 9.77. The molecule has 2 atom stereocenters. The van der Waals surface area contributed by atoms with Crippen molar-refractivity contribution >= 4 is 28.4 Å². The third kappa shape index (κ3) is 3.03. The summed E-state index contributed by atoms with van der Waals surface area (Å²) in [5.74, 6) is 1.45. The summed E-state index contributed by atoms with van der Waals surface area (Å²) in [6, 6.07) is 15.0. The lowest BCUT2D eigenvalue weighted by Crippen LogP contribution is -2.63. The van der Waals surface area contributed by atoms with Gasteiger partial charge < -0.3 is 9.64 Å². The van der Waals surface area contributed by atoms with Gasteiger partial charge in [-0.25, -0.2) is 0 Å². The second-order valence-corrected chi connectivity index (χ2v) is 9.74. The first-order valence-corrected chi connectivity index (χ1v) is 12.0. The highest BCUT2D eigenvalue weighted by molar-refractivity contribution is 5.99. The highest BCUT2D eigenvalue weighted by Gasteiger charge is 2.59. The van der Waals surface area contributed by atoms with Crippen LogP contribution in [0, 0.1) is 5.92 Å². The fourth-order valence-corrected chi connectivity index (χ4v) is 5.46. The Hall–Kier alpha value is -2.88. The number of anilines is 1. The van der Waals surface area contributed by atoms with E-state index in [4.69, 9.17) is 9.73 Å². The molecule has 0 saturated heterocycles. The fourth-order valence-electron chi connectivity index (χ4n) is 5.46. The van der Waals surface area contributed by atoms with Gasteiger partial charge in [0.1, 0.15) is 11.4 Å². The van der Waals surface area contributed by atoms with Crippen LogP contribution in [-0.4, -0.2) is 23.5 Å². The maximum Gasteiger partial charge on any atom is 0.228 e. The van der Waals surface area contributed by atoms with Crippen molar-refractivity contribution in [1.29, 1.82) is 0 Å². The van der Waals surface area contributed by atoms with Crippen LogP contribution in [0.5, 0.6) is 5.75 Å². The van der Waals surface area contributed by atoms with Crippen LogP contribution in [0.1, 0.15) is 58.9 Å². The lowest BCUT2D eigenvalue weighted by molar-refractivity contribution is 0.0742. The SMILES string of the molecule is CCCCC(CC)CN1c2ccccc2C(C)(C)C12C=Nc1c(ccc3ccncc13)O2. The van der Waals surface area contributed by atoms with E-state index in [0.717, 1.165) is 28.8 Å². The summed E-state index contributed by atoms with van der Waals surface area (Å²) in [6.07, 6.45) is 10.7. The molecule has 0 fully saturated rings. The normalized spacial score (nSPS) is 21.4. The minimum Gasteiger partial charge on any atom is -0.459 e. The Labute approximate surface area is 191 Å². The molecule has 4 nitrogen and oxygen atoms in total. The standard InChI is InChI=1S/C28H33N3O/c1-5-7-10-20(6-2)18-31-24-12-9-8-11-23(24)27(3,4)28(31)19-30-26-22-17-29-16-15-21(22)13-14-25(26)32-28/h8-9,11-17,19-20H,5-7,10,18H2,1-4H3. The van der Waals surface area contributed by atoms with Gasteiger partial charge in [0.25, 0.3) is 0 Å². The Kier molecular flexibility index (Phi) is 5.19. The Morgan fingerprint density at radius 1 is 1.06 bits per heavy atom. The van der Waals surface area contributed by atoms with Crippen LogP contribution < -0.4 is 9.64 Å². The van der Waals surface area contributed by atoms with Gasteiger partial charge in [0.2, 0.25) is 5.72 Å². The van der Waals surface area contributed by atoms with Crippen LogP contribution >= 0.6 is 0 Å². The number of ether oxygens (including phenoxy) is 1. The zero-order valence-electron chi connectivity index (χ0n) is 19.6. The number of hydrogen-bond donors (Lipinski definition) is 0. The first-order valence-electron chi connectivity index (χ1n) is 12.0. The van der Waals surface area contributed by atoms with Crippen molar-refractivity contribution in [3.63, 3.8) is 0 Å². The second-order valence-electron chi connectivity index (χ2n) is 9.74. The molecule has 2 unspecified atom stereocenters. The third-order valence-corrected chi connectivity index (χ3v) is 7.54. The molecule has 3 heterocycles. The van der Waals surface area contributed by atoms with Gasteiger partial charge in [-0.3, -0.25) is 9.98 Å². The first kappa shape index (κ1) is 21.0. The van der Waals surface area contributed by atoms with Gasteiger partial charge in [-0.2, -0.15) is 0 Å². The van der Waals surface area contributed by atoms with E-state index in [1.807, 2.05) is 18.5 Å². The number of nitrogens with zero attached hydrogens (tertiary/aromatic N) is 3. The molecule has 2 aliphatic heterocycles. The van der Waals surface area contributed by atoms with Crippen LogP contribution in [0.25, 0.3) is 10.8 Å². The Morgan fingerprint density at radius 3 is 2.72 bits per heavy atom. The summed E-state index contributed by atoms with van der Waals surface area (Å²) in [6.45, 7) is 10.1. The van der Waals surface area contributed by atoms with Gasteiger partial charge in [0.05, 0.1) is 11.6 Å². The van der Waals surface area contributed by atoms with E-state index in [1.54, 1.807) is 0 Å². The monoisotopic (exact) mass is 427 g/mol. The fraction of sp³-hybridized carbons (Fsp3) is 0.429. The van der Waals surface area contributed by atoms with E-state index >= 15 is 0 Å². The van der Waals surface area contributed by atoms with E-state index in [1.165, 1.54) is 36.9 Å². The molecule has 0 aliphatic carbocycles. The van der Waals surface area contributed by atoms with Crippen molar-refractivity contribution in [3.05, 3.63) is 60.4 Å². The van der Waals surface area contributed by atoms with Gasteiger partial charge in [0.15, 0.2) is 0 Å². The van der Waals surface area contributed by atoms with Crippen molar-refractivity contribution in [1.82, 2.24) is 4.98 Å². The molecule has 166 valence electrons. The summed E-state index contributed by atoms with van der Waals surface area (Å²) in [4.78, 5) is 11.9. The predicted octanol–water partition coefficient (Wildman–Crippen LogP) is 7.04. The molecule has 0 radical (unpaired) electrons. The Morgan fingerprint density at radius 2 is 1.91 bits per heavy atom. The average Bonchev–Trinajstić information content (AvgIpc) is 3.00. The maximum atomic E-state index is 7.00. The largest absolute Gasteiger partial charge is 0.459 e. The summed E-state index contributed by atoms with van der Waals surface area (Å²) in [5, 5.41) is 2.16. The molecule has 2 aliphatic rings. The summed E-state index contributed by atoms with van der Waals surface area (Å²) in [7, 11) is 0. The topological polar surface area (TPSA) is 37.7 Å². The summed E-state index contributed by atoms with van der Waals surface area (Å²) < 4.78 is 7.00. The van der Waals surface area contributed by atoms with E-state index < -0.39 is 5.72 Å². The number of benzene rings is 2. The number of aromatic nitrogens is 1. The molecule has 1 aromatic heterocycles. The third-order valence-electron chi connectivity index (χ3n) is 7.54. The molecule has 32 heavy (non-hydrogen) atoms. The molecule has 2 aromatic carbocycles. The van der Waals surface area contributed by atoms with Gasteiger partial charge in [0, 0.05) is 30.0 Å².